The number of methoxy groups -OCH3 is 1. The van der Waals surface area contributed by atoms with Gasteiger partial charge in [-0.25, -0.2) is 4.98 Å². The molecule has 0 radical (unpaired) electrons. The van der Waals surface area contributed by atoms with Gasteiger partial charge < -0.3 is 20.4 Å². The summed E-state index contributed by atoms with van der Waals surface area (Å²) >= 11 is 0. The molecular formula is C10H15N3O3. The molecule has 0 bridgehead atoms. The molecule has 3 N–H and O–H groups in total. The van der Waals surface area contributed by atoms with Crippen molar-refractivity contribution in [2.24, 2.45) is 10.9 Å². The van der Waals surface area contributed by atoms with Crippen LogP contribution in [0.5, 0.6) is 5.75 Å². The number of amidine groups is 1. The average molecular weight is 225 g/mol. The molecule has 0 spiro atoms. The SMILES string of the molecule is CCOc1cnc(/C(N)=N/O)cc1COC. The summed E-state index contributed by atoms with van der Waals surface area (Å²) in [5, 5.41) is 11.4. The Balaban J connectivity index is 3.06. The number of nitrogens with two attached hydrogens (primary N) is 1. The Kier molecular flexibility index (Phi) is 4.53. The fourth-order valence-electron chi connectivity index (χ4n) is 1.23. The van der Waals surface area contributed by atoms with Gasteiger partial charge in [-0.15, -0.1) is 0 Å². The fourth-order valence-corrected chi connectivity index (χ4v) is 1.23. The van der Waals surface area contributed by atoms with Gasteiger partial charge >= 0.3 is 0 Å². The molecular weight excluding hydrogens is 210 g/mol. The number of ether oxygens (including phenoxy) is 2. The third kappa shape index (κ3) is 2.83. The van der Waals surface area contributed by atoms with Crippen LogP contribution in [-0.2, 0) is 11.3 Å². The number of nitrogens with zero attached hydrogens (tertiary/aromatic N) is 2. The lowest BCUT2D eigenvalue weighted by Gasteiger charge is -2.10. The van der Waals surface area contributed by atoms with Gasteiger partial charge in [0.15, 0.2) is 5.84 Å². The molecule has 0 saturated carbocycles. The lowest BCUT2D eigenvalue weighted by Crippen LogP contribution is -2.15. The second kappa shape index (κ2) is 5.92. The number of pyridine rings is 1. The first-order valence-corrected chi connectivity index (χ1v) is 4.81. The Hall–Kier alpha value is -1.82. The second-order valence-electron chi connectivity index (χ2n) is 3.03. The molecule has 0 aliphatic rings. The summed E-state index contributed by atoms with van der Waals surface area (Å²) < 4.78 is 10.4. The maximum absolute atomic E-state index is 8.54. The summed E-state index contributed by atoms with van der Waals surface area (Å²) in [4.78, 5) is 4.01. The summed E-state index contributed by atoms with van der Waals surface area (Å²) in [6, 6.07) is 1.67. The maximum atomic E-state index is 8.54. The van der Waals surface area contributed by atoms with Crippen molar-refractivity contribution < 1.29 is 14.7 Å². The molecule has 0 unspecified atom stereocenters. The molecule has 0 aliphatic carbocycles. The van der Waals surface area contributed by atoms with Gasteiger partial charge in [0.2, 0.25) is 0 Å². The molecule has 1 rings (SSSR count). The minimum atomic E-state index is -0.0413. The third-order valence-electron chi connectivity index (χ3n) is 1.92. The minimum Gasteiger partial charge on any atom is -0.492 e. The standard InChI is InChI=1S/C10H15N3O3/c1-3-16-9-5-12-8(10(11)13-14)4-7(9)6-15-2/h4-5,14H,3,6H2,1-2H3,(H2,11,13). The van der Waals surface area contributed by atoms with Crippen LogP contribution < -0.4 is 10.5 Å². The number of rotatable bonds is 5. The molecule has 0 aliphatic heterocycles. The lowest BCUT2D eigenvalue weighted by molar-refractivity contribution is 0.180. The quantitative estimate of drug-likeness (QED) is 0.333. The van der Waals surface area contributed by atoms with E-state index >= 15 is 0 Å². The smallest absolute Gasteiger partial charge is 0.188 e. The number of aromatic nitrogens is 1. The number of hydrogen-bond donors (Lipinski definition) is 2. The van der Waals surface area contributed by atoms with Crippen LogP contribution >= 0.6 is 0 Å². The van der Waals surface area contributed by atoms with Gasteiger partial charge in [0, 0.05) is 12.7 Å². The van der Waals surface area contributed by atoms with Gasteiger partial charge in [0.1, 0.15) is 11.4 Å². The predicted molar refractivity (Wildman–Crippen MR) is 58.6 cm³/mol. The van der Waals surface area contributed by atoms with E-state index in [-0.39, 0.29) is 5.84 Å². The Morgan fingerprint density at radius 2 is 2.38 bits per heavy atom. The van der Waals surface area contributed by atoms with Crippen LogP contribution in [0.4, 0.5) is 0 Å². The van der Waals surface area contributed by atoms with Crippen molar-refractivity contribution in [2.45, 2.75) is 13.5 Å². The summed E-state index contributed by atoms with van der Waals surface area (Å²) in [7, 11) is 1.58. The number of hydrogen-bond acceptors (Lipinski definition) is 5. The summed E-state index contributed by atoms with van der Waals surface area (Å²) in [6.45, 7) is 2.80. The largest absolute Gasteiger partial charge is 0.492 e. The zero-order valence-electron chi connectivity index (χ0n) is 9.30. The van der Waals surface area contributed by atoms with Gasteiger partial charge in [0.25, 0.3) is 0 Å². The molecule has 1 aromatic heterocycles. The summed E-state index contributed by atoms with van der Waals surface area (Å²) in [5.41, 5.74) is 6.63. The van der Waals surface area contributed by atoms with E-state index in [0.29, 0.717) is 24.7 Å². The summed E-state index contributed by atoms with van der Waals surface area (Å²) in [5.74, 6) is 0.597. The topological polar surface area (TPSA) is 90.0 Å². The zero-order chi connectivity index (χ0) is 12.0. The van der Waals surface area contributed by atoms with Crippen LogP contribution in [0.3, 0.4) is 0 Å². The van der Waals surface area contributed by atoms with E-state index in [1.165, 1.54) is 6.20 Å². The van der Waals surface area contributed by atoms with Gasteiger partial charge in [-0.05, 0) is 13.0 Å². The van der Waals surface area contributed by atoms with Crippen molar-refractivity contribution in [3.63, 3.8) is 0 Å². The third-order valence-corrected chi connectivity index (χ3v) is 1.92. The highest BCUT2D eigenvalue weighted by atomic mass is 16.5. The van der Waals surface area contributed by atoms with E-state index in [9.17, 15) is 0 Å². The maximum Gasteiger partial charge on any atom is 0.188 e. The van der Waals surface area contributed by atoms with E-state index in [4.69, 9.17) is 20.4 Å². The Morgan fingerprint density at radius 1 is 1.62 bits per heavy atom. The van der Waals surface area contributed by atoms with Crippen molar-refractivity contribution in [2.75, 3.05) is 13.7 Å². The molecule has 0 aromatic carbocycles. The molecule has 1 aromatic rings. The van der Waals surface area contributed by atoms with Crippen molar-refractivity contribution in [3.8, 4) is 5.75 Å². The predicted octanol–water partition coefficient (Wildman–Crippen LogP) is 0.721. The van der Waals surface area contributed by atoms with Gasteiger partial charge in [-0.2, -0.15) is 0 Å². The molecule has 0 fully saturated rings. The Bertz CT molecular complexity index is 380. The first-order valence-electron chi connectivity index (χ1n) is 4.81. The van der Waals surface area contributed by atoms with Crippen LogP contribution in [0, 0.1) is 0 Å². The molecule has 1 heterocycles. The Morgan fingerprint density at radius 3 is 2.94 bits per heavy atom. The second-order valence-corrected chi connectivity index (χ2v) is 3.03. The molecule has 16 heavy (non-hydrogen) atoms. The van der Waals surface area contributed by atoms with Crippen molar-refractivity contribution in [3.05, 3.63) is 23.5 Å². The van der Waals surface area contributed by atoms with Crippen LogP contribution in [-0.4, -0.2) is 29.7 Å². The van der Waals surface area contributed by atoms with Crippen LogP contribution in [0.15, 0.2) is 17.4 Å². The first-order chi connectivity index (χ1) is 7.72. The normalized spacial score (nSPS) is 11.5. The van der Waals surface area contributed by atoms with E-state index in [0.717, 1.165) is 5.56 Å². The van der Waals surface area contributed by atoms with Gasteiger partial charge in [0.05, 0.1) is 19.4 Å². The fraction of sp³-hybridized carbons (Fsp3) is 0.400. The molecule has 88 valence electrons. The van der Waals surface area contributed by atoms with E-state index < -0.39 is 0 Å². The Labute approximate surface area is 93.7 Å². The molecule has 6 nitrogen and oxygen atoms in total. The van der Waals surface area contributed by atoms with Crippen molar-refractivity contribution >= 4 is 5.84 Å². The van der Waals surface area contributed by atoms with Crippen LogP contribution in [0.1, 0.15) is 18.2 Å². The highest BCUT2D eigenvalue weighted by molar-refractivity contribution is 5.95. The summed E-state index contributed by atoms with van der Waals surface area (Å²) in [6.07, 6.45) is 1.53. The van der Waals surface area contributed by atoms with E-state index in [1.807, 2.05) is 6.92 Å². The van der Waals surface area contributed by atoms with Crippen molar-refractivity contribution in [1.29, 1.82) is 0 Å². The minimum absolute atomic E-state index is 0.0413. The molecule has 0 amide bonds. The molecule has 0 atom stereocenters. The van der Waals surface area contributed by atoms with Crippen molar-refractivity contribution in [1.82, 2.24) is 4.98 Å². The average Bonchev–Trinajstić information content (AvgIpc) is 2.31. The first kappa shape index (κ1) is 12.3. The highest BCUT2D eigenvalue weighted by Crippen LogP contribution is 2.19. The van der Waals surface area contributed by atoms with E-state index in [1.54, 1.807) is 13.2 Å². The highest BCUT2D eigenvalue weighted by Gasteiger charge is 2.08. The zero-order valence-corrected chi connectivity index (χ0v) is 9.30. The monoisotopic (exact) mass is 225 g/mol. The lowest BCUT2D eigenvalue weighted by atomic mass is 10.2. The van der Waals surface area contributed by atoms with Gasteiger partial charge in [-0.1, -0.05) is 5.16 Å². The van der Waals surface area contributed by atoms with Crippen LogP contribution in [0.2, 0.25) is 0 Å². The van der Waals surface area contributed by atoms with Gasteiger partial charge in [-0.3, -0.25) is 0 Å². The van der Waals surface area contributed by atoms with E-state index in [2.05, 4.69) is 10.1 Å². The van der Waals surface area contributed by atoms with Crippen LogP contribution in [0.25, 0.3) is 0 Å². The molecule has 0 saturated heterocycles. The number of oxime groups is 1. The molecule has 6 heteroatoms.